The Morgan fingerprint density at radius 2 is 1.80 bits per heavy atom. The van der Waals surface area contributed by atoms with Gasteiger partial charge in [0.2, 0.25) is 0 Å². The van der Waals surface area contributed by atoms with Gasteiger partial charge in [-0.3, -0.25) is 4.90 Å². The molecule has 118 valence electrons. The van der Waals surface area contributed by atoms with E-state index in [1.165, 1.54) is 51.5 Å². The van der Waals surface area contributed by atoms with Gasteiger partial charge in [-0.05, 0) is 64.8 Å². The molecule has 0 radical (unpaired) electrons. The third-order valence-corrected chi connectivity index (χ3v) is 5.48. The average Bonchev–Trinajstić information content (AvgIpc) is 2.46. The highest BCUT2D eigenvalue weighted by Crippen LogP contribution is 2.34. The summed E-state index contributed by atoms with van der Waals surface area (Å²) in [6.07, 6.45) is 9.78. The third kappa shape index (κ3) is 3.96. The van der Waals surface area contributed by atoms with Crippen LogP contribution in [0.15, 0.2) is 0 Å². The molecule has 20 heavy (non-hydrogen) atoms. The molecule has 0 aromatic carbocycles. The molecule has 1 aliphatic heterocycles. The van der Waals surface area contributed by atoms with Gasteiger partial charge in [0.1, 0.15) is 0 Å². The second-order valence-corrected chi connectivity index (χ2v) is 7.10. The summed E-state index contributed by atoms with van der Waals surface area (Å²) in [7, 11) is 0. The van der Waals surface area contributed by atoms with Crippen LogP contribution < -0.4 is 5.73 Å². The van der Waals surface area contributed by atoms with E-state index in [-0.39, 0.29) is 5.60 Å². The van der Waals surface area contributed by atoms with Crippen LogP contribution in [0.25, 0.3) is 0 Å². The highest BCUT2D eigenvalue weighted by Gasteiger charge is 2.37. The van der Waals surface area contributed by atoms with Crippen LogP contribution in [0.3, 0.4) is 0 Å². The van der Waals surface area contributed by atoms with Crippen molar-refractivity contribution in [3.8, 4) is 0 Å². The first-order valence-corrected chi connectivity index (χ1v) is 8.73. The van der Waals surface area contributed by atoms with E-state index in [0.717, 1.165) is 19.1 Å². The first kappa shape index (κ1) is 16.3. The number of nitrogens with two attached hydrogens (primary N) is 1. The van der Waals surface area contributed by atoms with Crippen LogP contribution in [0.4, 0.5) is 0 Å². The van der Waals surface area contributed by atoms with E-state index in [9.17, 15) is 0 Å². The summed E-state index contributed by atoms with van der Waals surface area (Å²) >= 11 is 0. The van der Waals surface area contributed by atoms with Crippen molar-refractivity contribution < 1.29 is 4.74 Å². The molecule has 2 rings (SSSR count). The lowest BCUT2D eigenvalue weighted by Crippen LogP contribution is -2.52. The number of hydrogen-bond donors (Lipinski definition) is 1. The van der Waals surface area contributed by atoms with Crippen molar-refractivity contribution in [1.82, 2.24) is 4.90 Å². The van der Waals surface area contributed by atoms with Crippen LogP contribution in [-0.4, -0.2) is 41.8 Å². The van der Waals surface area contributed by atoms with E-state index in [1.54, 1.807) is 0 Å². The Hall–Kier alpha value is -0.120. The second-order valence-electron chi connectivity index (χ2n) is 7.10. The summed E-state index contributed by atoms with van der Waals surface area (Å²) in [5, 5.41) is 0. The fourth-order valence-corrected chi connectivity index (χ4v) is 3.98. The van der Waals surface area contributed by atoms with E-state index in [0.29, 0.717) is 12.1 Å². The molecule has 0 aromatic rings. The first-order valence-electron chi connectivity index (χ1n) is 8.73. The Bertz CT molecular complexity index is 289. The molecule has 2 N–H and O–H groups in total. The molecule has 1 saturated heterocycles. The topological polar surface area (TPSA) is 38.5 Å². The molecule has 0 aromatic heterocycles. The minimum absolute atomic E-state index is 0.0972. The van der Waals surface area contributed by atoms with Crippen molar-refractivity contribution in [1.29, 1.82) is 0 Å². The van der Waals surface area contributed by atoms with Gasteiger partial charge in [0.15, 0.2) is 0 Å². The molecule has 2 atom stereocenters. The van der Waals surface area contributed by atoms with E-state index >= 15 is 0 Å². The predicted octanol–water partition coefficient (Wildman–Crippen LogP) is 3.32. The number of rotatable bonds is 5. The van der Waals surface area contributed by atoms with Crippen LogP contribution in [0, 0.1) is 0 Å². The number of hydrogen-bond acceptors (Lipinski definition) is 3. The monoisotopic (exact) mass is 282 g/mol. The largest absolute Gasteiger partial charge is 0.375 e. The van der Waals surface area contributed by atoms with Crippen molar-refractivity contribution >= 4 is 0 Å². The maximum absolute atomic E-state index is 6.08. The van der Waals surface area contributed by atoms with Crippen LogP contribution in [0.5, 0.6) is 0 Å². The van der Waals surface area contributed by atoms with Gasteiger partial charge in [-0.1, -0.05) is 13.8 Å². The van der Waals surface area contributed by atoms with E-state index in [1.807, 2.05) is 0 Å². The molecule has 1 heterocycles. The second kappa shape index (κ2) is 7.24. The normalized spacial score (nSPS) is 39.1. The Morgan fingerprint density at radius 3 is 2.40 bits per heavy atom. The number of nitrogens with zero attached hydrogens (tertiary/aromatic N) is 1. The lowest BCUT2D eigenvalue weighted by molar-refractivity contribution is -0.104. The minimum atomic E-state index is 0.0972. The smallest absolute Gasteiger partial charge is 0.0666 e. The van der Waals surface area contributed by atoms with Crippen molar-refractivity contribution in [2.24, 2.45) is 5.73 Å². The predicted molar refractivity (Wildman–Crippen MR) is 84.9 cm³/mol. The molecule has 1 saturated carbocycles. The summed E-state index contributed by atoms with van der Waals surface area (Å²) in [5.74, 6) is 0. The lowest BCUT2D eigenvalue weighted by atomic mass is 9.85. The first-order chi connectivity index (χ1) is 9.58. The van der Waals surface area contributed by atoms with Crippen LogP contribution >= 0.6 is 0 Å². The molecule has 2 fully saturated rings. The summed E-state index contributed by atoms with van der Waals surface area (Å²) in [4.78, 5) is 2.81. The van der Waals surface area contributed by atoms with Crippen molar-refractivity contribution in [2.45, 2.75) is 95.9 Å². The zero-order valence-corrected chi connectivity index (χ0v) is 13.7. The Balaban J connectivity index is 2.00. The molecule has 1 aliphatic carbocycles. The number of ether oxygens (including phenoxy) is 1. The Kier molecular flexibility index (Phi) is 5.88. The van der Waals surface area contributed by atoms with Gasteiger partial charge in [-0.15, -0.1) is 0 Å². The van der Waals surface area contributed by atoms with Gasteiger partial charge in [0.05, 0.1) is 5.60 Å². The average molecular weight is 282 g/mol. The molecule has 3 heteroatoms. The van der Waals surface area contributed by atoms with Crippen molar-refractivity contribution in [2.75, 3.05) is 13.2 Å². The quantitative estimate of drug-likeness (QED) is 0.840. The third-order valence-electron chi connectivity index (χ3n) is 5.48. The summed E-state index contributed by atoms with van der Waals surface area (Å²) in [6.45, 7) is 9.03. The minimum Gasteiger partial charge on any atom is -0.375 e. The Morgan fingerprint density at radius 1 is 1.10 bits per heavy atom. The van der Waals surface area contributed by atoms with E-state index < -0.39 is 0 Å². The molecule has 0 amide bonds. The van der Waals surface area contributed by atoms with E-state index in [4.69, 9.17) is 10.5 Å². The van der Waals surface area contributed by atoms with E-state index in [2.05, 4.69) is 25.7 Å². The highest BCUT2D eigenvalue weighted by molar-refractivity contribution is 4.91. The molecular formula is C17H34N2O. The van der Waals surface area contributed by atoms with Crippen LogP contribution in [0.1, 0.15) is 72.1 Å². The fourth-order valence-electron chi connectivity index (χ4n) is 3.98. The van der Waals surface area contributed by atoms with Crippen LogP contribution in [0.2, 0.25) is 0 Å². The zero-order valence-electron chi connectivity index (χ0n) is 13.7. The Labute approximate surface area is 125 Å². The van der Waals surface area contributed by atoms with Crippen molar-refractivity contribution in [3.05, 3.63) is 0 Å². The maximum Gasteiger partial charge on any atom is 0.0666 e. The van der Waals surface area contributed by atoms with Gasteiger partial charge < -0.3 is 10.5 Å². The van der Waals surface area contributed by atoms with Gasteiger partial charge in [-0.25, -0.2) is 0 Å². The molecule has 3 nitrogen and oxygen atoms in total. The van der Waals surface area contributed by atoms with Gasteiger partial charge in [-0.2, -0.15) is 0 Å². The maximum atomic E-state index is 6.08. The standard InChI is InChI=1S/C17H34N2O/c1-4-11-19(15-8-6-14(18)7-9-15)16-10-12-20-17(3,5-2)13-16/h14-16H,4-13,18H2,1-3H3. The highest BCUT2D eigenvalue weighted by atomic mass is 16.5. The summed E-state index contributed by atoms with van der Waals surface area (Å²) in [5.41, 5.74) is 6.17. The molecule has 2 unspecified atom stereocenters. The molecule has 2 aliphatic rings. The molecule has 0 bridgehead atoms. The fraction of sp³-hybridized carbons (Fsp3) is 1.00. The molecule has 0 spiro atoms. The molecular weight excluding hydrogens is 248 g/mol. The van der Waals surface area contributed by atoms with Gasteiger partial charge in [0, 0.05) is 24.7 Å². The van der Waals surface area contributed by atoms with Crippen LogP contribution in [-0.2, 0) is 4.74 Å². The zero-order chi connectivity index (χ0) is 14.6. The SMILES string of the molecule is CCCN(C1CCC(N)CC1)C1CCOC(C)(CC)C1. The van der Waals surface area contributed by atoms with Gasteiger partial charge >= 0.3 is 0 Å². The summed E-state index contributed by atoms with van der Waals surface area (Å²) in [6, 6.07) is 1.93. The van der Waals surface area contributed by atoms with Crippen molar-refractivity contribution in [3.63, 3.8) is 0 Å². The summed E-state index contributed by atoms with van der Waals surface area (Å²) < 4.78 is 6.03. The lowest BCUT2D eigenvalue weighted by Gasteiger charge is -2.47. The van der Waals surface area contributed by atoms with Gasteiger partial charge in [0.25, 0.3) is 0 Å².